The van der Waals surface area contributed by atoms with Crippen LogP contribution in [0, 0.1) is 17.3 Å². The quantitative estimate of drug-likeness (QED) is 0.837. The first-order chi connectivity index (χ1) is 10.0. The van der Waals surface area contributed by atoms with Crippen LogP contribution in [0.15, 0.2) is 18.5 Å². The van der Waals surface area contributed by atoms with Crippen LogP contribution in [0.2, 0.25) is 0 Å². The number of aliphatic hydroxyl groups excluding tert-OH is 1. The van der Waals surface area contributed by atoms with Gasteiger partial charge < -0.3 is 10.4 Å². The van der Waals surface area contributed by atoms with Gasteiger partial charge in [-0.25, -0.2) is 0 Å². The van der Waals surface area contributed by atoms with Crippen molar-refractivity contribution in [2.45, 2.75) is 45.6 Å². The standard InChI is InChI=1S/C17H22N2O2/c1-17(2)8-5-7-15(17)19-16(21)14-10-13(11-18-12-14)6-3-4-9-20/h10-12,15,20H,4-5,7-9H2,1-2H3,(H,19,21). The van der Waals surface area contributed by atoms with Crippen LogP contribution in [0.5, 0.6) is 0 Å². The third kappa shape index (κ3) is 4.05. The van der Waals surface area contributed by atoms with Gasteiger partial charge in [0.1, 0.15) is 0 Å². The van der Waals surface area contributed by atoms with Gasteiger partial charge in [-0.3, -0.25) is 9.78 Å². The second-order valence-corrected chi connectivity index (χ2v) is 6.14. The molecule has 0 radical (unpaired) electrons. The average molecular weight is 286 g/mol. The molecule has 2 rings (SSSR count). The molecule has 0 saturated heterocycles. The van der Waals surface area contributed by atoms with Crippen molar-refractivity contribution in [3.63, 3.8) is 0 Å². The Bertz CT molecular complexity index is 570. The Kier molecular flexibility index (Phi) is 4.98. The van der Waals surface area contributed by atoms with E-state index in [0.717, 1.165) is 19.3 Å². The molecule has 1 saturated carbocycles. The van der Waals surface area contributed by atoms with Crippen LogP contribution in [0.25, 0.3) is 0 Å². The predicted octanol–water partition coefficient (Wildman–Crippen LogP) is 2.12. The van der Waals surface area contributed by atoms with Crippen LogP contribution < -0.4 is 5.32 Å². The Morgan fingerprint density at radius 3 is 3.00 bits per heavy atom. The van der Waals surface area contributed by atoms with E-state index in [1.807, 2.05) is 0 Å². The number of hydrogen-bond donors (Lipinski definition) is 2. The zero-order valence-corrected chi connectivity index (χ0v) is 12.6. The highest BCUT2D eigenvalue weighted by atomic mass is 16.2. The Morgan fingerprint density at radius 1 is 1.52 bits per heavy atom. The van der Waals surface area contributed by atoms with Gasteiger partial charge in [0.25, 0.3) is 5.91 Å². The van der Waals surface area contributed by atoms with Gasteiger partial charge in [0, 0.05) is 30.4 Å². The van der Waals surface area contributed by atoms with E-state index in [4.69, 9.17) is 5.11 Å². The number of hydrogen-bond acceptors (Lipinski definition) is 3. The summed E-state index contributed by atoms with van der Waals surface area (Å²) in [6.45, 7) is 4.43. The van der Waals surface area contributed by atoms with Crippen molar-refractivity contribution in [2.75, 3.05) is 6.61 Å². The highest BCUT2D eigenvalue weighted by Crippen LogP contribution is 2.37. The molecule has 1 fully saturated rings. The Balaban J connectivity index is 2.06. The van der Waals surface area contributed by atoms with Crippen LogP contribution in [-0.4, -0.2) is 28.6 Å². The Labute approximate surface area is 126 Å². The molecule has 4 nitrogen and oxygen atoms in total. The van der Waals surface area contributed by atoms with E-state index >= 15 is 0 Å². The molecule has 0 bridgehead atoms. The lowest BCUT2D eigenvalue weighted by Gasteiger charge is -2.27. The zero-order chi connectivity index (χ0) is 15.3. The van der Waals surface area contributed by atoms with Crippen molar-refractivity contribution in [3.8, 4) is 11.8 Å². The van der Waals surface area contributed by atoms with E-state index < -0.39 is 0 Å². The second kappa shape index (κ2) is 6.73. The second-order valence-electron chi connectivity index (χ2n) is 6.14. The maximum absolute atomic E-state index is 12.3. The fourth-order valence-electron chi connectivity index (χ4n) is 2.69. The first-order valence-electron chi connectivity index (χ1n) is 7.38. The monoisotopic (exact) mass is 286 g/mol. The van der Waals surface area contributed by atoms with E-state index in [1.165, 1.54) is 0 Å². The van der Waals surface area contributed by atoms with E-state index in [0.29, 0.717) is 17.5 Å². The van der Waals surface area contributed by atoms with Crippen LogP contribution in [0.1, 0.15) is 55.5 Å². The Morgan fingerprint density at radius 2 is 2.33 bits per heavy atom. The van der Waals surface area contributed by atoms with Crippen molar-refractivity contribution in [1.82, 2.24) is 10.3 Å². The predicted molar refractivity (Wildman–Crippen MR) is 81.7 cm³/mol. The molecule has 1 atom stereocenters. The van der Waals surface area contributed by atoms with Crippen molar-refractivity contribution in [3.05, 3.63) is 29.6 Å². The van der Waals surface area contributed by atoms with E-state index in [1.54, 1.807) is 18.5 Å². The topological polar surface area (TPSA) is 62.2 Å². The molecule has 1 unspecified atom stereocenters. The first kappa shape index (κ1) is 15.5. The van der Waals surface area contributed by atoms with Gasteiger partial charge >= 0.3 is 0 Å². The molecule has 0 aromatic carbocycles. The molecule has 112 valence electrons. The number of nitrogens with zero attached hydrogens (tertiary/aromatic N) is 1. The number of carbonyl (C=O) groups excluding carboxylic acids is 1. The van der Waals surface area contributed by atoms with Gasteiger partial charge in [0.2, 0.25) is 0 Å². The summed E-state index contributed by atoms with van der Waals surface area (Å²) in [4.78, 5) is 16.4. The SMILES string of the molecule is CC1(C)CCCC1NC(=O)c1cncc(C#CCCO)c1. The molecule has 1 aromatic rings. The fourth-order valence-corrected chi connectivity index (χ4v) is 2.69. The number of rotatable bonds is 3. The highest BCUT2D eigenvalue weighted by molar-refractivity contribution is 5.94. The summed E-state index contributed by atoms with van der Waals surface area (Å²) in [5.41, 5.74) is 1.39. The van der Waals surface area contributed by atoms with E-state index in [2.05, 4.69) is 36.0 Å². The van der Waals surface area contributed by atoms with Gasteiger partial charge in [-0.15, -0.1) is 0 Å². The molecule has 4 heteroatoms. The molecule has 2 N–H and O–H groups in total. The molecule has 0 aliphatic heterocycles. The van der Waals surface area contributed by atoms with Gasteiger partial charge in [0.15, 0.2) is 0 Å². The Hall–Kier alpha value is -1.86. The molecule has 21 heavy (non-hydrogen) atoms. The summed E-state index contributed by atoms with van der Waals surface area (Å²) in [5, 5.41) is 11.8. The van der Waals surface area contributed by atoms with Crippen LogP contribution >= 0.6 is 0 Å². The van der Waals surface area contributed by atoms with E-state index in [-0.39, 0.29) is 24.0 Å². The van der Waals surface area contributed by atoms with Gasteiger partial charge in [-0.1, -0.05) is 32.1 Å². The number of nitrogens with one attached hydrogen (secondary N) is 1. The minimum absolute atomic E-state index is 0.0391. The van der Waals surface area contributed by atoms with Crippen molar-refractivity contribution in [2.24, 2.45) is 5.41 Å². The minimum Gasteiger partial charge on any atom is -0.395 e. The van der Waals surface area contributed by atoms with Crippen molar-refractivity contribution < 1.29 is 9.90 Å². The van der Waals surface area contributed by atoms with Gasteiger partial charge in [0.05, 0.1) is 12.2 Å². The summed E-state index contributed by atoms with van der Waals surface area (Å²) in [5.74, 6) is 5.64. The number of amides is 1. The zero-order valence-electron chi connectivity index (χ0n) is 12.6. The molecule has 1 aliphatic rings. The number of carbonyl (C=O) groups is 1. The molecular formula is C17H22N2O2. The normalized spacial score (nSPS) is 19.7. The summed E-state index contributed by atoms with van der Waals surface area (Å²) < 4.78 is 0. The maximum atomic E-state index is 12.3. The number of aromatic nitrogens is 1. The number of aliphatic hydroxyl groups is 1. The lowest BCUT2D eigenvalue weighted by Crippen LogP contribution is -2.41. The maximum Gasteiger partial charge on any atom is 0.253 e. The van der Waals surface area contributed by atoms with E-state index in [9.17, 15) is 4.79 Å². The van der Waals surface area contributed by atoms with Crippen LogP contribution in [-0.2, 0) is 0 Å². The fraction of sp³-hybridized carbons (Fsp3) is 0.529. The largest absolute Gasteiger partial charge is 0.395 e. The van der Waals surface area contributed by atoms with Gasteiger partial charge in [-0.05, 0) is 24.3 Å². The summed E-state index contributed by atoms with van der Waals surface area (Å²) in [6.07, 6.45) is 6.94. The third-order valence-corrected chi connectivity index (χ3v) is 4.03. The lowest BCUT2D eigenvalue weighted by atomic mass is 9.87. The van der Waals surface area contributed by atoms with Gasteiger partial charge in [-0.2, -0.15) is 0 Å². The summed E-state index contributed by atoms with van der Waals surface area (Å²) in [6, 6.07) is 1.96. The molecule has 1 aliphatic carbocycles. The van der Waals surface area contributed by atoms with Crippen LogP contribution in [0.4, 0.5) is 0 Å². The van der Waals surface area contributed by atoms with Crippen molar-refractivity contribution >= 4 is 5.91 Å². The average Bonchev–Trinajstić information content (AvgIpc) is 2.78. The molecule has 1 heterocycles. The molecule has 1 aromatic heterocycles. The van der Waals surface area contributed by atoms with Crippen LogP contribution in [0.3, 0.4) is 0 Å². The van der Waals surface area contributed by atoms with Crippen molar-refractivity contribution in [1.29, 1.82) is 0 Å². The third-order valence-electron chi connectivity index (χ3n) is 4.03. The summed E-state index contributed by atoms with van der Waals surface area (Å²) >= 11 is 0. The number of pyridine rings is 1. The minimum atomic E-state index is -0.0896. The molecular weight excluding hydrogens is 264 g/mol. The first-order valence-corrected chi connectivity index (χ1v) is 7.38. The summed E-state index contributed by atoms with van der Waals surface area (Å²) in [7, 11) is 0. The highest BCUT2D eigenvalue weighted by Gasteiger charge is 2.35. The smallest absolute Gasteiger partial charge is 0.253 e. The molecule has 0 spiro atoms. The lowest BCUT2D eigenvalue weighted by molar-refractivity contribution is 0.0909. The molecule has 1 amide bonds.